The summed E-state index contributed by atoms with van der Waals surface area (Å²) in [6, 6.07) is 2.84. The molecular weight excluding hydrogens is 126 g/mol. The number of fused-ring (bicyclic) bond motifs is 1. The fourth-order valence-corrected chi connectivity index (χ4v) is 2.00. The van der Waals surface area contributed by atoms with Gasteiger partial charge in [0.15, 0.2) is 0 Å². The predicted octanol–water partition coefficient (Wildman–Crippen LogP) is -0.444. The second-order valence-corrected chi connectivity index (χ2v) is 3.17. The van der Waals surface area contributed by atoms with Crippen LogP contribution in [0.3, 0.4) is 0 Å². The summed E-state index contributed by atoms with van der Waals surface area (Å²) in [5.74, 6) is 0. The quantitative estimate of drug-likeness (QED) is 0.492. The SMILES string of the molecule is CN1C[C@@H]2NCC[C@@]21C#N. The van der Waals surface area contributed by atoms with Crippen LogP contribution in [0.2, 0.25) is 0 Å². The van der Waals surface area contributed by atoms with Gasteiger partial charge in [-0.05, 0) is 20.0 Å². The van der Waals surface area contributed by atoms with Crippen molar-refractivity contribution in [1.82, 2.24) is 10.2 Å². The van der Waals surface area contributed by atoms with Gasteiger partial charge in [0.2, 0.25) is 0 Å². The number of rotatable bonds is 0. The standard InChI is InChI=1S/C7H11N3/c1-10-4-6-7(10,5-8)2-3-9-6/h6,9H,2-4H2,1H3/t6-,7+/m0/s1. The average Bonchev–Trinajstić information content (AvgIpc) is 2.26. The Kier molecular flexibility index (Phi) is 1.05. The fraction of sp³-hybridized carbons (Fsp3) is 0.857. The minimum absolute atomic E-state index is 0.139. The van der Waals surface area contributed by atoms with E-state index < -0.39 is 0 Å². The van der Waals surface area contributed by atoms with Gasteiger partial charge in [0, 0.05) is 6.54 Å². The number of nitrogens with one attached hydrogen (secondary N) is 1. The second-order valence-electron chi connectivity index (χ2n) is 3.17. The van der Waals surface area contributed by atoms with Gasteiger partial charge in [-0.15, -0.1) is 0 Å². The van der Waals surface area contributed by atoms with Crippen LogP contribution in [-0.4, -0.2) is 36.6 Å². The van der Waals surface area contributed by atoms with E-state index in [1.165, 1.54) is 0 Å². The first-order chi connectivity index (χ1) is 4.79. The summed E-state index contributed by atoms with van der Waals surface area (Å²) >= 11 is 0. The van der Waals surface area contributed by atoms with Gasteiger partial charge in [-0.2, -0.15) is 5.26 Å². The monoisotopic (exact) mass is 137 g/mol. The Bertz CT molecular complexity index is 196. The molecule has 2 atom stereocenters. The molecule has 2 rings (SSSR count). The van der Waals surface area contributed by atoms with Crippen molar-refractivity contribution in [3.63, 3.8) is 0 Å². The van der Waals surface area contributed by atoms with E-state index in [1.54, 1.807) is 0 Å². The molecule has 0 aliphatic carbocycles. The molecule has 0 aromatic rings. The van der Waals surface area contributed by atoms with Crippen molar-refractivity contribution in [3.8, 4) is 6.07 Å². The van der Waals surface area contributed by atoms with Crippen molar-refractivity contribution in [3.05, 3.63) is 0 Å². The summed E-state index contributed by atoms with van der Waals surface area (Å²) in [6.07, 6.45) is 0.991. The number of nitrogens with zero attached hydrogens (tertiary/aromatic N) is 2. The molecule has 0 bridgehead atoms. The number of nitriles is 1. The highest BCUT2D eigenvalue weighted by Gasteiger charge is 2.54. The van der Waals surface area contributed by atoms with Gasteiger partial charge >= 0.3 is 0 Å². The highest BCUT2D eigenvalue weighted by molar-refractivity contribution is 5.25. The average molecular weight is 137 g/mol. The third-order valence-electron chi connectivity index (χ3n) is 2.80. The van der Waals surface area contributed by atoms with Crippen molar-refractivity contribution < 1.29 is 0 Å². The maximum Gasteiger partial charge on any atom is 0.126 e. The molecule has 0 spiro atoms. The van der Waals surface area contributed by atoms with E-state index >= 15 is 0 Å². The molecule has 0 radical (unpaired) electrons. The van der Waals surface area contributed by atoms with Gasteiger partial charge in [0.25, 0.3) is 0 Å². The summed E-state index contributed by atoms with van der Waals surface area (Å²) < 4.78 is 0. The molecule has 0 aromatic heterocycles. The zero-order valence-electron chi connectivity index (χ0n) is 6.09. The van der Waals surface area contributed by atoms with Crippen LogP contribution in [-0.2, 0) is 0 Å². The Morgan fingerprint density at radius 1 is 1.80 bits per heavy atom. The van der Waals surface area contributed by atoms with E-state index in [1.807, 2.05) is 7.05 Å². The molecule has 2 heterocycles. The number of hydrogen-bond acceptors (Lipinski definition) is 3. The minimum atomic E-state index is -0.139. The van der Waals surface area contributed by atoms with Crippen LogP contribution in [0.1, 0.15) is 6.42 Å². The zero-order valence-corrected chi connectivity index (χ0v) is 6.09. The van der Waals surface area contributed by atoms with Crippen molar-refractivity contribution >= 4 is 0 Å². The molecule has 2 aliphatic rings. The van der Waals surface area contributed by atoms with E-state index in [-0.39, 0.29) is 5.54 Å². The van der Waals surface area contributed by atoms with E-state index in [2.05, 4.69) is 16.3 Å². The Morgan fingerprint density at radius 3 is 3.00 bits per heavy atom. The second kappa shape index (κ2) is 1.71. The Labute approximate surface area is 60.6 Å². The molecule has 3 heteroatoms. The Hall–Kier alpha value is -0.590. The highest BCUT2D eigenvalue weighted by atomic mass is 15.3. The van der Waals surface area contributed by atoms with Crippen LogP contribution in [0, 0.1) is 11.3 Å². The van der Waals surface area contributed by atoms with E-state index in [0.29, 0.717) is 6.04 Å². The molecule has 0 aromatic carbocycles. The van der Waals surface area contributed by atoms with Crippen LogP contribution < -0.4 is 5.32 Å². The summed E-state index contributed by atoms with van der Waals surface area (Å²) in [6.45, 7) is 2.04. The lowest BCUT2D eigenvalue weighted by atomic mass is 9.82. The molecule has 3 nitrogen and oxygen atoms in total. The van der Waals surface area contributed by atoms with Crippen LogP contribution in [0.15, 0.2) is 0 Å². The third kappa shape index (κ3) is 0.472. The first-order valence-electron chi connectivity index (χ1n) is 3.65. The van der Waals surface area contributed by atoms with E-state index in [4.69, 9.17) is 5.26 Å². The van der Waals surface area contributed by atoms with Crippen molar-refractivity contribution in [2.75, 3.05) is 20.1 Å². The van der Waals surface area contributed by atoms with Gasteiger partial charge in [-0.3, -0.25) is 4.90 Å². The highest BCUT2D eigenvalue weighted by Crippen LogP contribution is 2.35. The van der Waals surface area contributed by atoms with Gasteiger partial charge in [-0.25, -0.2) is 0 Å². The summed E-state index contributed by atoms with van der Waals surface area (Å²) in [7, 11) is 2.02. The molecule has 0 unspecified atom stereocenters. The van der Waals surface area contributed by atoms with Gasteiger partial charge in [0.1, 0.15) is 5.54 Å². The Balaban J connectivity index is 2.25. The molecule has 2 aliphatic heterocycles. The lowest BCUT2D eigenvalue weighted by molar-refractivity contribution is 0.0453. The molecule has 0 amide bonds. The van der Waals surface area contributed by atoms with Crippen molar-refractivity contribution in [1.29, 1.82) is 5.26 Å². The van der Waals surface area contributed by atoms with Crippen molar-refractivity contribution in [2.45, 2.75) is 18.0 Å². The topological polar surface area (TPSA) is 39.1 Å². The summed E-state index contributed by atoms with van der Waals surface area (Å²) in [5, 5.41) is 12.2. The number of hydrogen-bond donors (Lipinski definition) is 1. The van der Waals surface area contributed by atoms with E-state index in [9.17, 15) is 0 Å². The first-order valence-corrected chi connectivity index (χ1v) is 3.65. The van der Waals surface area contributed by atoms with Crippen LogP contribution in [0.25, 0.3) is 0 Å². The summed E-state index contributed by atoms with van der Waals surface area (Å²) in [4.78, 5) is 2.14. The minimum Gasteiger partial charge on any atom is -0.310 e. The van der Waals surface area contributed by atoms with E-state index in [0.717, 1.165) is 19.5 Å². The smallest absolute Gasteiger partial charge is 0.126 e. The van der Waals surface area contributed by atoms with Crippen LogP contribution in [0.5, 0.6) is 0 Å². The normalized spacial score (nSPS) is 45.8. The molecular formula is C7H11N3. The Morgan fingerprint density at radius 2 is 2.60 bits per heavy atom. The fourth-order valence-electron chi connectivity index (χ4n) is 2.00. The molecule has 2 saturated heterocycles. The molecule has 10 heavy (non-hydrogen) atoms. The maximum atomic E-state index is 8.89. The maximum absolute atomic E-state index is 8.89. The first kappa shape index (κ1) is 6.14. The molecule has 0 saturated carbocycles. The van der Waals surface area contributed by atoms with Crippen LogP contribution >= 0.6 is 0 Å². The zero-order chi connectivity index (χ0) is 7.19. The third-order valence-corrected chi connectivity index (χ3v) is 2.80. The number of likely N-dealkylation sites (tertiary alicyclic amines) is 1. The van der Waals surface area contributed by atoms with Gasteiger partial charge in [-0.1, -0.05) is 0 Å². The number of likely N-dealkylation sites (N-methyl/N-ethyl adjacent to an activating group) is 1. The lowest BCUT2D eigenvalue weighted by Crippen LogP contribution is -2.68. The van der Waals surface area contributed by atoms with Gasteiger partial charge in [0.05, 0.1) is 12.1 Å². The molecule has 54 valence electrons. The predicted molar refractivity (Wildman–Crippen MR) is 37.4 cm³/mol. The largest absolute Gasteiger partial charge is 0.310 e. The molecule has 2 fully saturated rings. The summed E-state index contributed by atoms with van der Waals surface area (Å²) in [5.41, 5.74) is -0.139. The lowest BCUT2D eigenvalue weighted by Gasteiger charge is -2.48. The van der Waals surface area contributed by atoms with Crippen LogP contribution in [0.4, 0.5) is 0 Å². The van der Waals surface area contributed by atoms with Gasteiger partial charge < -0.3 is 5.32 Å². The van der Waals surface area contributed by atoms with Crippen molar-refractivity contribution in [2.24, 2.45) is 0 Å². The molecule has 1 N–H and O–H groups in total.